The number of anilines is 1. The molecule has 1 aromatic carbocycles. The summed E-state index contributed by atoms with van der Waals surface area (Å²) in [6.45, 7) is 3.93. The van der Waals surface area contributed by atoms with Crippen molar-refractivity contribution in [3.05, 3.63) is 33.6 Å². The Kier molecular flexibility index (Phi) is 7.15. The van der Waals surface area contributed by atoms with Crippen LogP contribution in [0.5, 0.6) is 0 Å². The Labute approximate surface area is 160 Å². The van der Waals surface area contributed by atoms with E-state index in [0.29, 0.717) is 11.6 Å². The molecule has 0 radical (unpaired) electrons. The maximum Gasteiger partial charge on any atom is 0.241 e. The number of nitrogens with one attached hydrogen (secondary N) is 1. The number of halogens is 1. The number of nitrogens with zero attached hydrogens (tertiary/aromatic N) is 1. The average Bonchev–Trinajstić information content (AvgIpc) is 2.87. The first-order valence-corrected chi connectivity index (χ1v) is 11.5. The summed E-state index contributed by atoms with van der Waals surface area (Å²) in [5, 5.41) is 3.03. The number of sulfone groups is 1. The third kappa shape index (κ3) is 6.20. The minimum atomic E-state index is -3.37. The zero-order chi connectivity index (χ0) is 18.4. The Morgan fingerprint density at radius 3 is 2.56 bits per heavy atom. The van der Waals surface area contributed by atoms with Crippen LogP contribution in [0.4, 0.5) is 5.13 Å². The van der Waals surface area contributed by atoms with Gasteiger partial charge in [-0.15, -0.1) is 11.3 Å². The quantitative estimate of drug-likeness (QED) is 0.611. The number of benzene rings is 1. The van der Waals surface area contributed by atoms with E-state index in [9.17, 15) is 13.2 Å². The number of hydrogen-bond donors (Lipinski definition) is 1. The monoisotopic (exact) mass is 444 g/mol. The molecule has 5 nitrogen and oxygen atoms in total. The van der Waals surface area contributed by atoms with Crippen molar-refractivity contribution in [2.45, 2.75) is 33.1 Å². The van der Waals surface area contributed by atoms with Crippen LogP contribution in [0.1, 0.15) is 31.1 Å². The minimum absolute atomic E-state index is 0.0509. The summed E-state index contributed by atoms with van der Waals surface area (Å²) in [6.07, 6.45) is 2.39. The molecule has 1 amide bonds. The van der Waals surface area contributed by atoms with Crippen LogP contribution in [0.25, 0.3) is 11.3 Å². The van der Waals surface area contributed by atoms with E-state index in [0.717, 1.165) is 33.4 Å². The Morgan fingerprint density at radius 1 is 1.24 bits per heavy atom. The van der Waals surface area contributed by atoms with Crippen LogP contribution in [0.2, 0.25) is 0 Å². The fourth-order valence-corrected chi connectivity index (χ4v) is 4.70. The van der Waals surface area contributed by atoms with Gasteiger partial charge in [0.05, 0.1) is 11.4 Å². The van der Waals surface area contributed by atoms with Crippen molar-refractivity contribution in [2.75, 3.05) is 16.8 Å². The van der Waals surface area contributed by atoms with E-state index in [1.54, 1.807) is 0 Å². The number of rotatable bonds is 8. The summed E-state index contributed by atoms with van der Waals surface area (Å²) >= 11 is 4.73. The van der Waals surface area contributed by atoms with Crippen molar-refractivity contribution < 1.29 is 13.2 Å². The zero-order valence-electron chi connectivity index (χ0n) is 14.2. The molecule has 0 fully saturated rings. The van der Waals surface area contributed by atoms with Crippen LogP contribution in [0.15, 0.2) is 28.7 Å². The van der Waals surface area contributed by atoms with Crippen molar-refractivity contribution in [2.24, 2.45) is 0 Å². The second-order valence-electron chi connectivity index (χ2n) is 5.78. The molecule has 136 valence electrons. The van der Waals surface area contributed by atoms with Gasteiger partial charge in [-0.1, -0.05) is 47.8 Å². The lowest BCUT2D eigenvalue weighted by Crippen LogP contribution is -2.24. The highest BCUT2D eigenvalue weighted by Gasteiger charge is 2.18. The Bertz CT molecular complexity index is 830. The van der Waals surface area contributed by atoms with Gasteiger partial charge >= 0.3 is 0 Å². The topological polar surface area (TPSA) is 76.1 Å². The van der Waals surface area contributed by atoms with Gasteiger partial charge in [0.25, 0.3) is 0 Å². The third-order valence-corrected chi connectivity index (χ3v) is 6.60. The van der Waals surface area contributed by atoms with Crippen molar-refractivity contribution in [3.63, 3.8) is 0 Å². The molecule has 0 bridgehead atoms. The van der Waals surface area contributed by atoms with E-state index < -0.39 is 21.5 Å². The fourth-order valence-electron chi connectivity index (χ4n) is 2.32. The first-order valence-electron chi connectivity index (χ1n) is 8.04. The van der Waals surface area contributed by atoms with Gasteiger partial charge in [-0.05, 0) is 25.5 Å². The Balaban J connectivity index is 2.02. The van der Waals surface area contributed by atoms with E-state index in [4.69, 9.17) is 0 Å². The lowest BCUT2D eigenvalue weighted by Gasteiger charge is -2.04. The maximum absolute atomic E-state index is 12.0. The Hall–Kier alpha value is -1.25. The summed E-state index contributed by atoms with van der Waals surface area (Å²) < 4.78 is 24.9. The highest BCUT2D eigenvalue weighted by Crippen LogP contribution is 2.31. The van der Waals surface area contributed by atoms with Crippen LogP contribution >= 0.6 is 27.3 Å². The van der Waals surface area contributed by atoms with Gasteiger partial charge in [0.1, 0.15) is 5.75 Å². The summed E-state index contributed by atoms with van der Waals surface area (Å²) in [5.74, 6) is -0.981. The van der Waals surface area contributed by atoms with E-state index >= 15 is 0 Å². The summed E-state index contributed by atoms with van der Waals surface area (Å²) in [4.78, 5) is 17.4. The van der Waals surface area contributed by atoms with Gasteiger partial charge in [0.2, 0.25) is 5.91 Å². The first kappa shape index (κ1) is 20.1. The van der Waals surface area contributed by atoms with Crippen LogP contribution in [0, 0.1) is 6.92 Å². The lowest BCUT2D eigenvalue weighted by molar-refractivity contribution is -0.113. The number of hydrogen-bond acceptors (Lipinski definition) is 5. The second-order valence-corrected chi connectivity index (χ2v) is 10.1. The van der Waals surface area contributed by atoms with Crippen LogP contribution in [-0.4, -0.2) is 30.8 Å². The third-order valence-electron chi connectivity index (χ3n) is 3.57. The van der Waals surface area contributed by atoms with Crippen LogP contribution in [-0.2, 0) is 14.6 Å². The molecule has 2 aromatic rings. The molecule has 0 spiro atoms. The average molecular weight is 445 g/mol. The molecule has 0 aliphatic rings. The molecule has 0 unspecified atom stereocenters. The van der Waals surface area contributed by atoms with Gasteiger partial charge in [-0.25, -0.2) is 13.4 Å². The van der Waals surface area contributed by atoms with Gasteiger partial charge in [0, 0.05) is 14.9 Å². The molecule has 1 aromatic heterocycles. The fraction of sp³-hybridized carbons (Fsp3) is 0.412. The van der Waals surface area contributed by atoms with E-state index in [1.807, 2.05) is 38.1 Å². The molecule has 1 N–H and O–H groups in total. The number of carbonyl (C=O) groups excluding carboxylic acids is 1. The molecular weight excluding hydrogens is 424 g/mol. The van der Waals surface area contributed by atoms with Crippen molar-refractivity contribution >= 4 is 48.1 Å². The molecule has 2 rings (SSSR count). The number of aryl methyl sites for hydroxylation is 1. The van der Waals surface area contributed by atoms with Gasteiger partial charge < -0.3 is 5.32 Å². The largest absolute Gasteiger partial charge is 0.301 e. The van der Waals surface area contributed by atoms with Crippen molar-refractivity contribution in [1.82, 2.24) is 4.98 Å². The van der Waals surface area contributed by atoms with Gasteiger partial charge in [-0.2, -0.15) is 0 Å². The number of thiazole rings is 1. The van der Waals surface area contributed by atoms with Gasteiger partial charge in [0.15, 0.2) is 15.0 Å². The molecule has 0 saturated heterocycles. The number of aromatic nitrogens is 1. The summed E-state index contributed by atoms with van der Waals surface area (Å²) in [6, 6.07) is 7.73. The number of carbonyl (C=O) groups is 1. The molecular formula is C17H21BrN2O3S2. The minimum Gasteiger partial charge on any atom is -0.301 e. The van der Waals surface area contributed by atoms with Gasteiger partial charge in [-0.3, -0.25) is 4.79 Å². The standard InChI is InChI=1S/C17H21BrN2O3S2/c1-3-4-5-10-25(22,23)11-15(21)19-17-20-16(12(2)24-17)13-6-8-14(18)9-7-13/h6-9H,3-5,10-11H2,1-2H3,(H,19,20,21). The number of amides is 1. The predicted molar refractivity (Wildman–Crippen MR) is 107 cm³/mol. The SMILES string of the molecule is CCCCCS(=O)(=O)CC(=O)Nc1nc(-c2ccc(Br)cc2)c(C)s1. The second kappa shape index (κ2) is 8.91. The van der Waals surface area contributed by atoms with Crippen molar-refractivity contribution in [1.29, 1.82) is 0 Å². The smallest absolute Gasteiger partial charge is 0.241 e. The van der Waals surface area contributed by atoms with Crippen LogP contribution < -0.4 is 5.32 Å². The Morgan fingerprint density at radius 2 is 1.92 bits per heavy atom. The van der Waals surface area contributed by atoms with Crippen molar-refractivity contribution in [3.8, 4) is 11.3 Å². The van der Waals surface area contributed by atoms with Crippen LogP contribution in [0.3, 0.4) is 0 Å². The zero-order valence-corrected chi connectivity index (χ0v) is 17.4. The molecule has 8 heteroatoms. The van der Waals surface area contributed by atoms with E-state index in [-0.39, 0.29) is 5.75 Å². The molecule has 0 aliphatic carbocycles. The summed E-state index contributed by atoms with van der Waals surface area (Å²) in [7, 11) is -3.37. The predicted octanol–water partition coefficient (Wildman–Crippen LogP) is 4.42. The van der Waals surface area contributed by atoms with E-state index in [1.165, 1.54) is 11.3 Å². The molecule has 0 atom stereocenters. The molecule has 25 heavy (non-hydrogen) atoms. The lowest BCUT2D eigenvalue weighted by atomic mass is 10.1. The normalized spacial score (nSPS) is 11.5. The molecule has 0 saturated carbocycles. The highest BCUT2D eigenvalue weighted by molar-refractivity contribution is 9.10. The first-order chi connectivity index (χ1) is 11.8. The maximum atomic E-state index is 12.0. The molecule has 0 aliphatic heterocycles. The van der Waals surface area contributed by atoms with E-state index in [2.05, 4.69) is 26.2 Å². The highest BCUT2D eigenvalue weighted by atomic mass is 79.9. The molecule has 1 heterocycles. The number of unbranched alkanes of at least 4 members (excludes halogenated alkanes) is 2. The summed E-state index contributed by atoms with van der Waals surface area (Å²) in [5.41, 5.74) is 1.74.